The highest BCUT2D eigenvalue weighted by atomic mass is 16.4. The summed E-state index contributed by atoms with van der Waals surface area (Å²) in [5.74, 6) is -3.51. The number of hydrogen-bond donors (Lipinski definition) is 8. The minimum absolute atomic E-state index is 0.00805. The van der Waals surface area contributed by atoms with Gasteiger partial charge in [0.25, 0.3) is 0 Å². The Labute approximate surface area is 237 Å². The number of phenolic OH excluding ortho intramolecular Hbond substituents is 1. The van der Waals surface area contributed by atoms with Crippen molar-refractivity contribution in [3.63, 3.8) is 0 Å². The molecule has 3 aromatic rings. The van der Waals surface area contributed by atoms with Crippen LogP contribution in [-0.4, -0.2) is 74.8 Å². The van der Waals surface area contributed by atoms with Gasteiger partial charge in [0.15, 0.2) is 0 Å². The Morgan fingerprint density at radius 3 is 2.10 bits per heavy atom. The lowest BCUT2D eigenvalue weighted by atomic mass is 10.0. The zero-order chi connectivity index (χ0) is 30.1. The Hall–Kier alpha value is -4.42. The molecule has 1 aromatic heterocycles. The molecule has 1 heterocycles. The highest BCUT2D eigenvalue weighted by Gasteiger charge is 2.30. The molecule has 0 bridgehead atoms. The maximum Gasteiger partial charge on any atom is 0.326 e. The van der Waals surface area contributed by atoms with Crippen LogP contribution in [0.25, 0.3) is 10.9 Å². The number of carboxylic acid groups (broad SMARTS) is 1. The van der Waals surface area contributed by atoms with Crippen LogP contribution >= 0.6 is 0 Å². The number of rotatable bonds is 14. The molecule has 9 N–H and O–H groups in total. The van der Waals surface area contributed by atoms with Gasteiger partial charge in [0, 0.05) is 23.5 Å². The lowest BCUT2D eigenvalue weighted by Crippen LogP contribution is -2.58. The number of hydrogen-bond acceptors (Lipinski definition) is 7. The summed E-state index contributed by atoms with van der Waals surface area (Å²) in [6.07, 6.45) is 2.06. The van der Waals surface area contributed by atoms with Gasteiger partial charge >= 0.3 is 5.97 Å². The lowest BCUT2D eigenvalue weighted by molar-refractivity contribution is -0.142. The van der Waals surface area contributed by atoms with E-state index in [1.54, 1.807) is 18.3 Å². The summed E-state index contributed by atoms with van der Waals surface area (Å²) in [4.78, 5) is 53.9. The summed E-state index contributed by atoms with van der Waals surface area (Å²) >= 11 is 0. The van der Waals surface area contributed by atoms with Gasteiger partial charge in [-0.25, -0.2) is 4.79 Å². The predicted molar refractivity (Wildman–Crippen MR) is 152 cm³/mol. The third-order valence-electron chi connectivity index (χ3n) is 6.60. The van der Waals surface area contributed by atoms with Crippen molar-refractivity contribution in [2.75, 3.05) is 6.61 Å². The number of para-hydroxylation sites is 1. The summed E-state index contributed by atoms with van der Waals surface area (Å²) in [5, 5.41) is 37.3. The van der Waals surface area contributed by atoms with E-state index in [1.807, 2.05) is 38.1 Å². The second kappa shape index (κ2) is 14.3. The van der Waals surface area contributed by atoms with Crippen LogP contribution in [0.15, 0.2) is 54.7 Å². The summed E-state index contributed by atoms with van der Waals surface area (Å²) < 4.78 is 0. The molecule has 0 fully saturated rings. The quantitative estimate of drug-likeness (QED) is 0.138. The monoisotopic (exact) mass is 567 g/mol. The molecule has 3 rings (SSSR count). The minimum Gasteiger partial charge on any atom is -0.508 e. The van der Waals surface area contributed by atoms with E-state index in [4.69, 9.17) is 5.73 Å². The number of fused-ring (bicyclic) bond motifs is 1. The fourth-order valence-corrected chi connectivity index (χ4v) is 4.42. The van der Waals surface area contributed by atoms with Gasteiger partial charge in [-0.15, -0.1) is 0 Å². The molecule has 0 saturated heterocycles. The molecule has 0 aliphatic heterocycles. The smallest absolute Gasteiger partial charge is 0.326 e. The van der Waals surface area contributed by atoms with Gasteiger partial charge in [0.2, 0.25) is 17.7 Å². The highest BCUT2D eigenvalue weighted by Crippen LogP contribution is 2.19. The number of aliphatic hydroxyl groups excluding tert-OH is 1. The van der Waals surface area contributed by atoms with Crippen LogP contribution in [0, 0.1) is 5.92 Å². The molecule has 4 unspecified atom stereocenters. The number of amides is 3. The molecule has 0 aliphatic carbocycles. The van der Waals surface area contributed by atoms with Crippen molar-refractivity contribution in [1.29, 1.82) is 0 Å². The Morgan fingerprint density at radius 1 is 0.854 bits per heavy atom. The van der Waals surface area contributed by atoms with Gasteiger partial charge in [0.1, 0.15) is 23.9 Å². The van der Waals surface area contributed by atoms with Gasteiger partial charge in [-0.2, -0.15) is 0 Å². The number of H-pyrrole nitrogens is 1. The summed E-state index contributed by atoms with van der Waals surface area (Å²) in [7, 11) is 0. The number of carbonyl (C=O) groups is 4. The standard InChI is InChI=1S/C29H37N5O7/c1-16(2)11-24(29(40)41)33-27(38)23(12-17-7-9-19(36)10-8-17)32-28(39)25(15-35)34-26(37)21(30)13-18-14-31-22-6-4-3-5-20(18)22/h3-10,14,16,21,23-25,31,35-36H,11-13,15,30H2,1-2H3,(H,32,39)(H,33,38)(H,34,37)(H,40,41). The maximum atomic E-state index is 13.2. The topological polar surface area (TPSA) is 207 Å². The van der Waals surface area contributed by atoms with Crippen molar-refractivity contribution in [2.45, 2.75) is 57.3 Å². The Bertz CT molecular complexity index is 1360. The van der Waals surface area contributed by atoms with Crippen LogP contribution in [0.5, 0.6) is 5.75 Å². The van der Waals surface area contributed by atoms with E-state index in [0.29, 0.717) is 5.56 Å². The molecule has 0 saturated carbocycles. The first-order chi connectivity index (χ1) is 19.5. The first kappa shape index (κ1) is 31.1. The molecule has 3 amide bonds. The molecular weight excluding hydrogens is 530 g/mol. The number of carboxylic acids is 1. The van der Waals surface area contributed by atoms with Crippen LogP contribution in [0.2, 0.25) is 0 Å². The normalized spacial score (nSPS) is 14.2. The molecule has 0 spiro atoms. The number of aromatic hydroxyl groups is 1. The molecule has 0 radical (unpaired) electrons. The van der Waals surface area contributed by atoms with E-state index in [1.165, 1.54) is 12.1 Å². The van der Waals surface area contributed by atoms with E-state index < -0.39 is 54.5 Å². The average Bonchev–Trinajstić information content (AvgIpc) is 3.34. The molecule has 12 heteroatoms. The van der Waals surface area contributed by atoms with Crippen LogP contribution in [0.4, 0.5) is 0 Å². The van der Waals surface area contributed by atoms with Crippen LogP contribution in [0.3, 0.4) is 0 Å². The molecule has 0 aliphatic rings. The summed E-state index contributed by atoms with van der Waals surface area (Å²) in [6, 6.07) is 8.59. The van der Waals surface area contributed by atoms with Crippen LogP contribution < -0.4 is 21.7 Å². The third kappa shape index (κ3) is 8.78. The van der Waals surface area contributed by atoms with Gasteiger partial charge in [-0.3, -0.25) is 14.4 Å². The molecular formula is C29H37N5O7. The Balaban J connectivity index is 1.71. The average molecular weight is 568 g/mol. The van der Waals surface area contributed by atoms with E-state index >= 15 is 0 Å². The van der Waals surface area contributed by atoms with Crippen molar-refractivity contribution >= 4 is 34.6 Å². The van der Waals surface area contributed by atoms with Crippen molar-refractivity contribution in [3.8, 4) is 5.75 Å². The zero-order valence-corrected chi connectivity index (χ0v) is 23.0. The fraction of sp³-hybridized carbons (Fsp3) is 0.379. The number of aliphatic hydroxyl groups is 1. The van der Waals surface area contributed by atoms with E-state index in [-0.39, 0.29) is 30.9 Å². The van der Waals surface area contributed by atoms with Crippen LogP contribution in [-0.2, 0) is 32.0 Å². The molecule has 41 heavy (non-hydrogen) atoms. The van der Waals surface area contributed by atoms with Gasteiger partial charge in [0.05, 0.1) is 12.6 Å². The Morgan fingerprint density at radius 2 is 1.46 bits per heavy atom. The number of benzene rings is 2. The van der Waals surface area contributed by atoms with Crippen molar-refractivity contribution < 1.29 is 34.5 Å². The number of phenols is 1. The number of aliphatic carboxylic acids is 1. The second-order valence-corrected chi connectivity index (χ2v) is 10.4. The molecule has 2 aromatic carbocycles. The second-order valence-electron chi connectivity index (χ2n) is 10.4. The molecule has 12 nitrogen and oxygen atoms in total. The maximum absolute atomic E-state index is 13.2. The van der Waals surface area contributed by atoms with Crippen LogP contribution in [0.1, 0.15) is 31.4 Å². The first-order valence-corrected chi connectivity index (χ1v) is 13.3. The van der Waals surface area contributed by atoms with Crippen molar-refractivity contribution in [3.05, 3.63) is 65.9 Å². The highest BCUT2D eigenvalue weighted by molar-refractivity contribution is 5.94. The van der Waals surface area contributed by atoms with E-state index in [0.717, 1.165) is 16.5 Å². The zero-order valence-electron chi connectivity index (χ0n) is 23.0. The minimum atomic E-state index is -1.42. The summed E-state index contributed by atoms with van der Waals surface area (Å²) in [5.41, 5.74) is 8.38. The van der Waals surface area contributed by atoms with Crippen molar-refractivity contribution in [2.24, 2.45) is 11.7 Å². The largest absolute Gasteiger partial charge is 0.508 e. The van der Waals surface area contributed by atoms with E-state index in [9.17, 15) is 34.5 Å². The van der Waals surface area contributed by atoms with Crippen molar-refractivity contribution in [1.82, 2.24) is 20.9 Å². The first-order valence-electron chi connectivity index (χ1n) is 13.3. The summed E-state index contributed by atoms with van der Waals surface area (Å²) in [6.45, 7) is 2.86. The molecule has 4 atom stereocenters. The fourth-order valence-electron chi connectivity index (χ4n) is 4.42. The number of nitrogens with one attached hydrogen (secondary N) is 4. The molecule has 220 valence electrons. The lowest BCUT2D eigenvalue weighted by Gasteiger charge is -2.25. The number of nitrogens with two attached hydrogens (primary N) is 1. The number of aromatic amines is 1. The van der Waals surface area contributed by atoms with Gasteiger partial charge < -0.3 is 42.0 Å². The SMILES string of the molecule is CC(C)CC(NC(=O)C(Cc1ccc(O)cc1)NC(=O)C(CO)NC(=O)C(N)Cc1c[nH]c2ccccc12)C(=O)O. The van der Waals surface area contributed by atoms with E-state index in [2.05, 4.69) is 20.9 Å². The Kier molecular flexibility index (Phi) is 10.8. The van der Waals surface area contributed by atoms with Gasteiger partial charge in [-0.1, -0.05) is 44.2 Å². The third-order valence-corrected chi connectivity index (χ3v) is 6.60. The number of carbonyl (C=O) groups excluding carboxylic acids is 3. The number of aromatic nitrogens is 1. The predicted octanol–water partition coefficient (Wildman–Crippen LogP) is 0.563. The van der Waals surface area contributed by atoms with Gasteiger partial charge in [-0.05, 0) is 48.1 Å².